The molecule has 1 aromatic carbocycles. The Hall–Kier alpha value is -1.60. The van der Waals surface area contributed by atoms with Crippen molar-refractivity contribution in [2.45, 2.75) is 13.0 Å². The molecule has 0 bridgehead atoms. The topological polar surface area (TPSA) is 95.5 Å². The van der Waals surface area contributed by atoms with Gasteiger partial charge in [-0.15, -0.1) is 0 Å². The summed E-state index contributed by atoms with van der Waals surface area (Å²) in [5, 5.41) is 11.6. The molecule has 1 aromatic rings. The third kappa shape index (κ3) is 5.15. The highest BCUT2D eigenvalue weighted by Gasteiger charge is 2.07. The van der Waals surface area contributed by atoms with E-state index in [2.05, 4.69) is 10.0 Å². The van der Waals surface area contributed by atoms with E-state index in [0.29, 0.717) is 11.3 Å². The summed E-state index contributed by atoms with van der Waals surface area (Å²) in [6, 6.07) is 6.01. The van der Waals surface area contributed by atoms with Crippen molar-refractivity contribution in [3.8, 4) is 0 Å². The Kier molecular flexibility index (Phi) is 4.69. The minimum absolute atomic E-state index is 0.169. The van der Waals surface area contributed by atoms with Crippen molar-refractivity contribution in [1.29, 1.82) is 0 Å². The fourth-order valence-corrected chi connectivity index (χ4v) is 1.81. The summed E-state index contributed by atoms with van der Waals surface area (Å²) in [4.78, 5) is 11.6. The van der Waals surface area contributed by atoms with E-state index in [-0.39, 0.29) is 12.5 Å². The van der Waals surface area contributed by atoms with Gasteiger partial charge in [0.1, 0.15) is 0 Å². The molecule has 3 N–H and O–H groups in total. The summed E-state index contributed by atoms with van der Waals surface area (Å²) < 4.78 is 24.3. The van der Waals surface area contributed by atoms with Crippen molar-refractivity contribution >= 4 is 21.6 Å². The van der Waals surface area contributed by atoms with E-state index in [1.54, 1.807) is 6.92 Å². The number of aliphatic hydroxyl groups excluding tert-OH is 1. The molecule has 100 valence electrons. The van der Waals surface area contributed by atoms with Crippen LogP contribution in [0.4, 0.5) is 5.69 Å². The van der Waals surface area contributed by atoms with Gasteiger partial charge in [-0.25, -0.2) is 8.42 Å². The Balaban J connectivity index is 2.68. The lowest BCUT2D eigenvalue weighted by Crippen LogP contribution is -2.30. The average molecular weight is 272 g/mol. The van der Waals surface area contributed by atoms with Crippen molar-refractivity contribution in [2.24, 2.45) is 0 Å². The molecule has 0 fully saturated rings. The Morgan fingerprint density at radius 2 is 1.89 bits per heavy atom. The van der Waals surface area contributed by atoms with Crippen LogP contribution >= 0.6 is 0 Å². The van der Waals surface area contributed by atoms with Crippen LogP contribution in [0.15, 0.2) is 24.3 Å². The van der Waals surface area contributed by atoms with Gasteiger partial charge in [-0.05, 0) is 31.2 Å². The molecule has 0 unspecified atom stereocenters. The van der Waals surface area contributed by atoms with E-state index < -0.39 is 16.1 Å². The van der Waals surface area contributed by atoms with E-state index in [1.807, 2.05) is 0 Å². The van der Waals surface area contributed by atoms with Crippen LogP contribution in [0.3, 0.4) is 0 Å². The molecule has 0 radical (unpaired) electrons. The number of rotatable bonds is 5. The highest BCUT2D eigenvalue weighted by molar-refractivity contribution is 7.92. The third-order valence-electron chi connectivity index (χ3n) is 2.01. The quantitative estimate of drug-likeness (QED) is 0.712. The molecule has 0 saturated heterocycles. The highest BCUT2D eigenvalue weighted by atomic mass is 32.2. The van der Waals surface area contributed by atoms with Gasteiger partial charge in [0.2, 0.25) is 10.0 Å². The second kappa shape index (κ2) is 5.83. The van der Waals surface area contributed by atoms with Gasteiger partial charge < -0.3 is 10.4 Å². The first kappa shape index (κ1) is 14.5. The SMILES string of the molecule is C[C@H](O)CNC(=O)c1ccc(NS(C)(=O)=O)cc1. The van der Waals surface area contributed by atoms with Gasteiger partial charge in [-0.2, -0.15) is 0 Å². The van der Waals surface area contributed by atoms with Crippen LogP contribution in [0, 0.1) is 0 Å². The molecule has 0 aromatic heterocycles. The van der Waals surface area contributed by atoms with E-state index in [9.17, 15) is 13.2 Å². The normalized spacial score (nSPS) is 12.8. The Morgan fingerprint density at radius 3 is 2.33 bits per heavy atom. The number of benzene rings is 1. The minimum Gasteiger partial charge on any atom is -0.392 e. The maximum atomic E-state index is 11.6. The lowest BCUT2D eigenvalue weighted by atomic mass is 10.2. The number of hydrogen-bond acceptors (Lipinski definition) is 4. The van der Waals surface area contributed by atoms with Crippen LogP contribution < -0.4 is 10.0 Å². The van der Waals surface area contributed by atoms with Crippen LogP contribution in [-0.2, 0) is 10.0 Å². The van der Waals surface area contributed by atoms with Crippen molar-refractivity contribution < 1.29 is 18.3 Å². The van der Waals surface area contributed by atoms with E-state index in [4.69, 9.17) is 5.11 Å². The van der Waals surface area contributed by atoms with Gasteiger partial charge in [-0.3, -0.25) is 9.52 Å². The van der Waals surface area contributed by atoms with Gasteiger partial charge in [0.15, 0.2) is 0 Å². The van der Waals surface area contributed by atoms with Gasteiger partial charge in [-0.1, -0.05) is 0 Å². The number of anilines is 1. The molecule has 0 aliphatic carbocycles. The van der Waals surface area contributed by atoms with Crippen LogP contribution in [0.5, 0.6) is 0 Å². The number of nitrogens with one attached hydrogen (secondary N) is 2. The summed E-state index contributed by atoms with van der Waals surface area (Å²) in [5.74, 6) is -0.318. The number of carbonyl (C=O) groups is 1. The summed E-state index contributed by atoms with van der Waals surface area (Å²) in [6.07, 6.45) is 0.441. The zero-order valence-corrected chi connectivity index (χ0v) is 11.0. The first-order valence-corrected chi connectivity index (χ1v) is 7.21. The largest absolute Gasteiger partial charge is 0.392 e. The van der Waals surface area contributed by atoms with Crippen LogP contribution in [0.25, 0.3) is 0 Å². The van der Waals surface area contributed by atoms with Crippen LogP contribution in [0.1, 0.15) is 17.3 Å². The zero-order valence-electron chi connectivity index (χ0n) is 10.2. The monoisotopic (exact) mass is 272 g/mol. The van der Waals surface area contributed by atoms with Crippen LogP contribution in [0.2, 0.25) is 0 Å². The standard InChI is InChI=1S/C11H16N2O4S/c1-8(14)7-12-11(15)9-3-5-10(6-4-9)13-18(2,16)17/h3-6,8,13-14H,7H2,1-2H3,(H,12,15)/t8-/m0/s1. The van der Waals surface area contributed by atoms with E-state index in [1.165, 1.54) is 24.3 Å². The molecule has 0 heterocycles. The number of aliphatic hydroxyl groups is 1. The predicted molar refractivity (Wildman–Crippen MR) is 68.9 cm³/mol. The molecule has 1 atom stereocenters. The van der Waals surface area contributed by atoms with Gasteiger partial charge in [0, 0.05) is 17.8 Å². The molecular formula is C11H16N2O4S. The molecule has 0 saturated carbocycles. The predicted octanol–water partition coefficient (Wildman–Crippen LogP) is 0.169. The number of hydrogen-bond donors (Lipinski definition) is 3. The molecule has 1 amide bonds. The number of sulfonamides is 1. The first-order chi connectivity index (χ1) is 8.28. The minimum atomic E-state index is -3.32. The molecule has 0 aliphatic heterocycles. The fourth-order valence-electron chi connectivity index (χ4n) is 1.25. The van der Waals surface area contributed by atoms with Crippen molar-refractivity contribution in [3.63, 3.8) is 0 Å². The van der Waals surface area contributed by atoms with Crippen molar-refractivity contribution in [3.05, 3.63) is 29.8 Å². The summed E-state index contributed by atoms with van der Waals surface area (Å²) >= 11 is 0. The van der Waals surface area contributed by atoms with Gasteiger partial charge >= 0.3 is 0 Å². The van der Waals surface area contributed by atoms with Crippen LogP contribution in [-0.4, -0.2) is 38.3 Å². The number of amides is 1. The highest BCUT2D eigenvalue weighted by Crippen LogP contribution is 2.10. The first-order valence-electron chi connectivity index (χ1n) is 5.32. The van der Waals surface area contributed by atoms with Crippen molar-refractivity contribution in [1.82, 2.24) is 5.32 Å². The molecule has 0 spiro atoms. The lowest BCUT2D eigenvalue weighted by molar-refractivity contribution is 0.0924. The molecule has 1 rings (SSSR count). The van der Waals surface area contributed by atoms with Gasteiger partial charge in [0.25, 0.3) is 5.91 Å². The Labute approximate surface area is 106 Å². The summed E-state index contributed by atoms with van der Waals surface area (Å²) in [7, 11) is -3.32. The average Bonchev–Trinajstić information content (AvgIpc) is 2.24. The summed E-state index contributed by atoms with van der Waals surface area (Å²) in [5.41, 5.74) is 0.791. The Bertz CT molecular complexity index is 508. The maximum Gasteiger partial charge on any atom is 0.251 e. The molecule has 6 nitrogen and oxygen atoms in total. The third-order valence-corrected chi connectivity index (χ3v) is 2.61. The molecule has 0 aliphatic rings. The van der Waals surface area contributed by atoms with E-state index >= 15 is 0 Å². The molecular weight excluding hydrogens is 256 g/mol. The molecule has 7 heteroatoms. The Morgan fingerprint density at radius 1 is 1.33 bits per heavy atom. The van der Waals surface area contributed by atoms with E-state index in [0.717, 1.165) is 6.26 Å². The second-order valence-electron chi connectivity index (χ2n) is 4.01. The van der Waals surface area contributed by atoms with Crippen molar-refractivity contribution in [2.75, 3.05) is 17.5 Å². The summed E-state index contributed by atoms with van der Waals surface area (Å²) in [6.45, 7) is 1.74. The zero-order chi connectivity index (χ0) is 13.8. The van der Waals surface area contributed by atoms with Gasteiger partial charge in [0.05, 0.1) is 12.4 Å². The maximum absolute atomic E-state index is 11.6. The second-order valence-corrected chi connectivity index (χ2v) is 5.76. The number of carbonyl (C=O) groups excluding carboxylic acids is 1. The fraction of sp³-hybridized carbons (Fsp3) is 0.364. The lowest BCUT2D eigenvalue weighted by Gasteiger charge is -2.08. The molecule has 18 heavy (non-hydrogen) atoms. The smallest absolute Gasteiger partial charge is 0.251 e.